The molecular weight excluding hydrogens is 348 g/mol. The van der Waals surface area contributed by atoms with Crippen LogP contribution in [-0.2, 0) is 0 Å². The minimum atomic E-state index is 1.31. The molecule has 6 aromatic rings. The van der Waals surface area contributed by atoms with Crippen LogP contribution >= 0.6 is 0 Å². The van der Waals surface area contributed by atoms with Crippen molar-refractivity contribution in [1.82, 2.24) is 0 Å². The highest BCUT2D eigenvalue weighted by Gasteiger charge is 2.16. The van der Waals surface area contributed by atoms with Crippen LogP contribution in [0.3, 0.4) is 0 Å². The van der Waals surface area contributed by atoms with Gasteiger partial charge in [-0.3, -0.25) is 0 Å². The van der Waals surface area contributed by atoms with Gasteiger partial charge in [0.2, 0.25) is 0 Å². The van der Waals surface area contributed by atoms with Crippen molar-refractivity contribution in [2.75, 3.05) is 0 Å². The second-order valence-electron chi connectivity index (χ2n) is 8.34. The molecule has 0 aliphatic carbocycles. The van der Waals surface area contributed by atoms with Crippen LogP contribution in [0.15, 0.2) is 78.9 Å². The van der Waals surface area contributed by atoms with Crippen LogP contribution in [0, 0.1) is 20.8 Å². The van der Waals surface area contributed by atoms with Crippen LogP contribution in [0.5, 0.6) is 0 Å². The molecule has 0 N–H and O–H groups in total. The molecule has 6 rings (SSSR count). The third-order valence-corrected chi connectivity index (χ3v) is 6.62. The summed E-state index contributed by atoms with van der Waals surface area (Å²) in [6, 6.07) is 29.3. The van der Waals surface area contributed by atoms with Gasteiger partial charge < -0.3 is 0 Å². The maximum atomic E-state index is 2.40. The second-order valence-corrected chi connectivity index (χ2v) is 8.34. The first kappa shape index (κ1) is 16.6. The Morgan fingerprint density at radius 3 is 1.52 bits per heavy atom. The summed E-state index contributed by atoms with van der Waals surface area (Å²) < 4.78 is 0. The fourth-order valence-corrected chi connectivity index (χ4v) is 5.24. The zero-order valence-electron chi connectivity index (χ0n) is 17.0. The zero-order chi connectivity index (χ0) is 19.7. The molecule has 0 radical (unpaired) electrons. The molecule has 0 spiro atoms. The summed E-state index contributed by atoms with van der Waals surface area (Å²) >= 11 is 0. The minimum absolute atomic E-state index is 1.31. The maximum Gasteiger partial charge on any atom is -0.00604 e. The van der Waals surface area contributed by atoms with Gasteiger partial charge in [-0.1, -0.05) is 72.3 Å². The highest BCUT2D eigenvalue weighted by molar-refractivity contribution is 6.31. The van der Waals surface area contributed by atoms with E-state index < -0.39 is 0 Å². The molecule has 6 aromatic carbocycles. The van der Waals surface area contributed by atoms with Gasteiger partial charge in [-0.25, -0.2) is 0 Å². The van der Waals surface area contributed by atoms with Crippen molar-refractivity contribution in [3.63, 3.8) is 0 Å². The van der Waals surface area contributed by atoms with E-state index in [1.165, 1.54) is 70.6 Å². The Morgan fingerprint density at radius 1 is 0.414 bits per heavy atom. The Bertz CT molecular complexity index is 1620. The fraction of sp³-hybridized carbons (Fsp3) is 0.103. The Morgan fingerprint density at radius 2 is 0.931 bits per heavy atom. The van der Waals surface area contributed by atoms with E-state index in [0.717, 1.165) is 0 Å². The number of fused-ring (bicyclic) bond motifs is 8. The van der Waals surface area contributed by atoms with Crippen molar-refractivity contribution in [3.05, 3.63) is 95.6 Å². The Hall–Kier alpha value is -3.38. The molecule has 0 amide bonds. The van der Waals surface area contributed by atoms with Crippen LogP contribution < -0.4 is 0 Å². The van der Waals surface area contributed by atoms with Gasteiger partial charge in [-0.15, -0.1) is 0 Å². The van der Waals surface area contributed by atoms with E-state index >= 15 is 0 Å². The van der Waals surface area contributed by atoms with Gasteiger partial charge >= 0.3 is 0 Å². The van der Waals surface area contributed by atoms with Crippen molar-refractivity contribution >= 4 is 53.9 Å². The lowest BCUT2D eigenvalue weighted by molar-refractivity contribution is 1.51. The van der Waals surface area contributed by atoms with Crippen LogP contribution in [0.2, 0.25) is 0 Å². The van der Waals surface area contributed by atoms with E-state index in [2.05, 4.69) is 99.6 Å². The van der Waals surface area contributed by atoms with E-state index in [4.69, 9.17) is 0 Å². The van der Waals surface area contributed by atoms with Gasteiger partial charge in [0, 0.05) is 0 Å². The number of hydrogen-bond acceptors (Lipinski definition) is 0. The molecule has 0 atom stereocenters. The largest absolute Gasteiger partial charge is 0.0616 e. The lowest BCUT2D eigenvalue weighted by atomic mass is 9.85. The molecule has 0 fully saturated rings. The van der Waals surface area contributed by atoms with Crippen molar-refractivity contribution in [1.29, 1.82) is 0 Å². The third kappa shape index (κ3) is 2.20. The van der Waals surface area contributed by atoms with Gasteiger partial charge in [-0.05, 0) is 97.9 Å². The summed E-state index contributed by atoms with van der Waals surface area (Å²) in [7, 11) is 0. The lowest BCUT2D eigenvalue weighted by Crippen LogP contribution is -1.92. The molecule has 0 saturated carbocycles. The Kier molecular flexibility index (Phi) is 3.32. The number of aryl methyl sites for hydroxylation is 3. The molecule has 0 nitrogen and oxygen atoms in total. The summed E-state index contributed by atoms with van der Waals surface area (Å²) in [5.41, 5.74) is 4.07. The minimum Gasteiger partial charge on any atom is -0.0616 e. The average molecular weight is 370 g/mol. The molecule has 0 aliphatic rings. The molecular formula is C29H22. The average Bonchev–Trinajstić information content (AvgIpc) is 2.74. The molecule has 138 valence electrons. The summed E-state index contributed by atoms with van der Waals surface area (Å²) in [4.78, 5) is 0. The summed E-state index contributed by atoms with van der Waals surface area (Å²) in [5.74, 6) is 0. The quantitative estimate of drug-likeness (QED) is 0.186. The van der Waals surface area contributed by atoms with Gasteiger partial charge in [0.15, 0.2) is 0 Å². The molecule has 0 aromatic heterocycles. The maximum absolute atomic E-state index is 2.40. The first-order chi connectivity index (χ1) is 14.1. The van der Waals surface area contributed by atoms with Crippen molar-refractivity contribution in [2.45, 2.75) is 20.8 Å². The van der Waals surface area contributed by atoms with Crippen LogP contribution in [0.1, 0.15) is 16.7 Å². The number of hydrogen-bond donors (Lipinski definition) is 0. The van der Waals surface area contributed by atoms with Crippen molar-refractivity contribution in [2.24, 2.45) is 0 Å². The van der Waals surface area contributed by atoms with Gasteiger partial charge in [0.25, 0.3) is 0 Å². The molecule has 0 heteroatoms. The molecule has 29 heavy (non-hydrogen) atoms. The predicted octanol–water partition coefficient (Wildman–Crippen LogP) is 8.38. The molecule has 0 aliphatic heterocycles. The summed E-state index contributed by atoms with van der Waals surface area (Å²) in [6.45, 7) is 6.77. The summed E-state index contributed by atoms with van der Waals surface area (Å²) in [6.07, 6.45) is 0. The third-order valence-electron chi connectivity index (χ3n) is 6.62. The van der Waals surface area contributed by atoms with E-state index in [-0.39, 0.29) is 0 Å². The predicted molar refractivity (Wildman–Crippen MR) is 128 cm³/mol. The topological polar surface area (TPSA) is 0 Å². The molecule has 0 unspecified atom stereocenters. The van der Waals surface area contributed by atoms with Gasteiger partial charge in [-0.2, -0.15) is 0 Å². The Labute approximate surface area is 170 Å². The van der Waals surface area contributed by atoms with Crippen LogP contribution in [-0.4, -0.2) is 0 Å². The number of rotatable bonds is 0. The standard InChI is InChI=1S/C29H22/c1-17-12-13-24-25(14-17)27-16-21-9-5-7-11-23(21)19(3)29(27)28-18(2)22-10-6-4-8-20(22)15-26(24)28/h4-16H,1-3H3. The normalized spacial score (nSPS) is 12.0. The molecule has 0 bridgehead atoms. The van der Waals surface area contributed by atoms with Crippen molar-refractivity contribution in [3.8, 4) is 0 Å². The van der Waals surface area contributed by atoms with Gasteiger partial charge in [0.1, 0.15) is 0 Å². The molecule has 0 saturated heterocycles. The van der Waals surface area contributed by atoms with Crippen LogP contribution in [0.25, 0.3) is 53.9 Å². The highest BCUT2D eigenvalue weighted by atomic mass is 14.2. The van der Waals surface area contributed by atoms with Crippen molar-refractivity contribution < 1.29 is 0 Å². The monoisotopic (exact) mass is 370 g/mol. The van der Waals surface area contributed by atoms with E-state index in [0.29, 0.717) is 0 Å². The zero-order valence-corrected chi connectivity index (χ0v) is 17.0. The van der Waals surface area contributed by atoms with Crippen LogP contribution in [0.4, 0.5) is 0 Å². The fourth-order valence-electron chi connectivity index (χ4n) is 5.24. The summed E-state index contributed by atoms with van der Waals surface area (Å²) in [5, 5.41) is 13.6. The number of benzene rings is 6. The van der Waals surface area contributed by atoms with E-state index in [1.807, 2.05) is 0 Å². The smallest absolute Gasteiger partial charge is 0.00604 e. The SMILES string of the molecule is Cc1ccc2c(c1)c1cc3ccccc3c(C)c1c1c(C)c3ccccc3cc21. The highest BCUT2D eigenvalue weighted by Crippen LogP contribution is 2.43. The molecule has 0 heterocycles. The first-order valence-corrected chi connectivity index (χ1v) is 10.3. The lowest BCUT2D eigenvalue weighted by Gasteiger charge is -2.18. The Balaban J connectivity index is 2.04. The second kappa shape index (κ2) is 5.81. The van der Waals surface area contributed by atoms with E-state index in [9.17, 15) is 0 Å². The first-order valence-electron chi connectivity index (χ1n) is 10.3. The van der Waals surface area contributed by atoms with Gasteiger partial charge in [0.05, 0.1) is 0 Å². The van der Waals surface area contributed by atoms with E-state index in [1.54, 1.807) is 0 Å².